The van der Waals surface area contributed by atoms with Gasteiger partial charge in [0.15, 0.2) is 0 Å². The molecule has 1 aliphatic heterocycles. The van der Waals surface area contributed by atoms with Gasteiger partial charge >= 0.3 is 0 Å². The molecule has 1 aromatic rings. The molecule has 152 valence electrons. The Morgan fingerprint density at radius 3 is 2.07 bits per heavy atom. The van der Waals surface area contributed by atoms with Crippen molar-refractivity contribution < 1.29 is 19.2 Å². The third kappa shape index (κ3) is 5.80. The van der Waals surface area contributed by atoms with Crippen LogP contribution in [0.2, 0.25) is 0 Å². The van der Waals surface area contributed by atoms with E-state index in [-0.39, 0.29) is 36.5 Å². The van der Waals surface area contributed by atoms with Crippen LogP contribution in [0.15, 0.2) is 24.3 Å². The molecule has 0 atom stereocenters. The molecule has 0 unspecified atom stereocenters. The Morgan fingerprint density at radius 2 is 1.54 bits per heavy atom. The fraction of sp³-hybridized carbons (Fsp3) is 0.500. The van der Waals surface area contributed by atoms with Crippen LogP contribution >= 0.6 is 0 Å². The lowest BCUT2D eigenvalue weighted by Crippen LogP contribution is -2.50. The van der Waals surface area contributed by atoms with E-state index in [1.165, 1.54) is 6.92 Å². The van der Waals surface area contributed by atoms with E-state index in [2.05, 4.69) is 5.32 Å². The Labute approximate surface area is 165 Å². The molecule has 8 heteroatoms. The predicted molar refractivity (Wildman–Crippen MR) is 104 cm³/mol. The molecule has 1 aromatic carbocycles. The Hall–Kier alpha value is -2.90. The van der Waals surface area contributed by atoms with Crippen molar-refractivity contribution in [1.29, 1.82) is 0 Å². The van der Waals surface area contributed by atoms with Gasteiger partial charge in [-0.3, -0.25) is 19.2 Å². The minimum absolute atomic E-state index is 0.0206. The van der Waals surface area contributed by atoms with Crippen molar-refractivity contribution in [2.75, 3.05) is 40.3 Å². The van der Waals surface area contributed by atoms with E-state index >= 15 is 0 Å². The summed E-state index contributed by atoms with van der Waals surface area (Å²) >= 11 is 0. The smallest absolute Gasteiger partial charge is 0.251 e. The van der Waals surface area contributed by atoms with Crippen molar-refractivity contribution >= 4 is 23.6 Å². The Bertz CT molecular complexity index is 724. The zero-order valence-electron chi connectivity index (χ0n) is 16.7. The second kappa shape index (κ2) is 9.87. The van der Waals surface area contributed by atoms with Crippen LogP contribution < -0.4 is 5.32 Å². The number of amides is 4. The van der Waals surface area contributed by atoms with Crippen LogP contribution in [0, 0.1) is 0 Å². The maximum atomic E-state index is 12.3. The standard InChI is InChI=1S/C20H28N4O4/c1-15(25)23-10-12-24(13-11-23)19(27)9-8-18(26)22(3)14-16-4-6-17(7-5-16)20(28)21-2/h4-7H,8-14H2,1-3H3,(H,21,28). The van der Waals surface area contributed by atoms with E-state index in [0.717, 1.165) is 5.56 Å². The van der Waals surface area contributed by atoms with E-state index < -0.39 is 0 Å². The number of carbonyl (C=O) groups is 4. The third-order valence-electron chi connectivity index (χ3n) is 4.92. The van der Waals surface area contributed by atoms with Crippen molar-refractivity contribution in [3.63, 3.8) is 0 Å². The van der Waals surface area contributed by atoms with Gasteiger partial charge in [0.05, 0.1) is 0 Å². The number of carbonyl (C=O) groups excluding carboxylic acids is 4. The zero-order valence-corrected chi connectivity index (χ0v) is 16.7. The van der Waals surface area contributed by atoms with Crippen LogP contribution in [0.25, 0.3) is 0 Å². The number of nitrogens with one attached hydrogen (secondary N) is 1. The molecule has 0 spiro atoms. The maximum absolute atomic E-state index is 12.3. The van der Waals surface area contributed by atoms with Crippen molar-refractivity contribution in [3.8, 4) is 0 Å². The lowest BCUT2D eigenvalue weighted by atomic mass is 10.1. The second-order valence-corrected chi connectivity index (χ2v) is 6.91. The highest BCUT2D eigenvalue weighted by Crippen LogP contribution is 2.10. The zero-order chi connectivity index (χ0) is 20.7. The maximum Gasteiger partial charge on any atom is 0.251 e. The highest BCUT2D eigenvalue weighted by atomic mass is 16.2. The first-order valence-corrected chi connectivity index (χ1v) is 9.40. The van der Waals surface area contributed by atoms with E-state index in [9.17, 15) is 19.2 Å². The van der Waals surface area contributed by atoms with Gasteiger partial charge < -0.3 is 20.0 Å². The number of hydrogen-bond donors (Lipinski definition) is 1. The summed E-state index contributed by atoms with van der Waals surface area (Å²) in [7, 11) is 3.28. The highest BCUT2D eigenvalue weighted by molar-refractivity contribution is 5.94. The van der Waals surface area contributed by atoms with Crippen molar-refractivity contribution in [3.05, 3.63) is 35.4 Å². The quantitative estimate of drug-likeness (QED) is 0.767. The number of nitrogens with zero attached hydrogens (tertiary/aromatic N) is 3. The summed E-state index contributed by atoms with van der Waals surface area (Å²) in [4.78, 5) is 52.5. The lowest BCUT2D eigenvalue weighted by molar-refractivity contribution is -0.140. The van der Waals surface area contributed by atoms with Crippen LogP contribution in [-0.2, 0) is 20.9 Å². The number of benzene rings is 1. The molecule has 4 amide bonds. The summed E-state index contributed by atoms with van der Waals surface area (Å²) in [6.07, 6.45) is 0.317. The molecule has 0 radical (unpaired) electrons. The van der Waals surface area contributed by atoms with Crippen molar-refractivity contribution in [1.82, 2.24) is 20.0 Å². The third-order valence-corrected chi connectivity index (χ3v) is 4.92. The van der Waals surface area contributed by atoms with Gasteiger partial charge in [0.1, 0.15) is 0 Å². The van der Waals surface area contributed by atoms with Gasteiger partial charge in [-0.1, -0.05) is 12.1 Å². The Balaban J connectivity index is 1.77. The minimum atomic E-state index is -0.154. The molecule has 1 N–H and O–H groups in total. The number of piperazine rings is 1. The molecule has 1 fully saturated rings. The van der Waals surface area contributed by atoms with Gasteiger partial charge in [-0.15, -0.1) is 0 Å². The molecule has 0 aliphatic carbocycles. The Morgan fingerprint density at radius 1 is 0.964 bits per heavy atom. The van der Waals surface area contributed by atoms with E-state index in [1.807, 2.05) is 12.1 Å². The van der Waals surface area contributed by atoms with Gasteiger partial charge in [0.25, 0.3) is 5.91 Å². The predicted octanol–water partition coefficient (Wildman–Crippen LogP) is 0.476. The van der Waals surface area contributed by atoms with Crippen molar-refractivity contribution in [2.45, 2.75) is 26.3 Å². The molecule has 0 saturated carbocycles. The summed E-state index contributed by atoms with van der Waals surface area (Å²) in [5.41, 5.74) is 1.48. The molecule has 28 heavy (non-hydrogen) atoms. The van der Waals surface area contributed by atoms with E-state index in [4.69, 9.17) is 0 Å². The molecule has 8 nitrogen and oxygen atoms in total. The van der Waals surface area contributed by atoms with E-state index in [0.29, 0.717) is 38.3 Å². The summed E-state index contributed by atoms with van der Waals surface area (Å²) < 4.78 is 0. The molecule has 1 heterocycles. The first-order valence-electron chi connectivity index (χ1n) is 9.40. The summed E-state index contributed by atoms with van der Waals surface area (Å²) in [5.74, 6) is -0.295. The van der Waals surface area contributed by atoms with Gasteiger partial charge in [0, 0.05) is 72.1 Å². The van der Waals surface area contributed by atoms with Crippen LogP contribution in [0.3, 0.4) is 0 Å². The van der Waals surface area contributed by atoms with E-state index in [1.54, 1.807) is 40.9 Å². The molecule has 1 aliphatic rings. The topological polar surface area (TPSA) is 90.0 Å². The van der Waals surface area contributed by atoms with Gasteiger partial charge in [-0.2, -0.15) is 0 Å². The summed E-state index contributed by atoms with van der Waals surface area (Å²) in [6, 6.07) is 7.06. The highest BCUT2D eigenvalue weighted by Gasteiger charge is 2.23. The molecule has 0 bridgehead atoms. The fourth-order valence-corrected chi connectivity index (χ4v) is 3.10. The monoisotopic (exact) mass is 388 g/mol. The SMILES string of the molecule is CNC(=O)c1ccc(CN(C)C(=O)CCC(=O)N2CCN(C(C)=O)CC2)cc1. The molecular weight excluding hydrogens is 360 g/mol. The lowest BCUT2D eigenvalue weighted by Gasteiger charge is -2.34. The number of rotatable bonds is 6. The fourth-order valence-electron chi connectivity index (χ4n) is 3.10. The molecule has 1 saturated heterocycles. The minimum Gasteiger partial charge on any atom is -0.355 e. The van der Waals surface area contributed by atoms with Gasteiger partial charge in [0.2, 0.25) is 17.7 Å². The van der Waals surface area contributed by atoms with Crippen LogP contribution in [-0.4, -0.2) is 78.6 Å². The first-order chi connectivity index (χ1) is 13.3. The summed E-state index contributed by atoms with van der Waals surface area (Å²) in [5, 5.41) is 2.56. The van der Waals surface area contributed by atoms with Crippen LogP contribution in [0.1, 0.15) is 35.7 Å². The molecule has 0 aromatic heterocycles. The average Bonchev–Trinajstić information content (AvgIpc) is 2.71. The summed E-state index contributed by atoms with van der Waals surface area (Å²) in [6.45, 7) is 4.05. The average molecular weight is 388 g/mol. The van der Waals surface area contributed by atoms with Crippen molar-refractivity contribution in [2.24, 2.45) is 0 Å². The van der Waals surface area contributed by atoms with Crippen LogP contribution in [0.5, 0.6) is 0 Å². The largest absolute Gasteiger partial charge is 0.355 e. The van der Waals surface area contributed by atoms with Crippen LogP contribution in [0.4, 0.5) is 0 Å². The number of hydrogen-bond acceptors (Lipinski definition) is 4. The normalized spacial score (nSPS) is 13.8. The molecule has 2 rings (SSSR count). The van der Waals surface area contributed by atoms with Gasteiger partial charge in [-0.05, 0) is 17.7 Å². The Kier molecular flexibility index (Phi) is 7.54. The van der Waals surface area contributed by atoms with Gasteiger partial charge in [-0.25, -0.2) is 0 Å². The second-order valence-electron chi connectivity index (χ2n) is 6.91. The molecular formula is C20H28N4O4. The first kappa shape index (κ1) is 21.4.